The minimum atomic E-state index is -3.69. The standard InChI is InChI=1S/C18H21BrN2O3S/c1-3-21(25(23,24)17-10-5-4-6-11-17)13-18(22)20-14(2)15-8-7-9-16(19)12-15/h4-12,14H,3,13H2,1-2H3,(H,20,22). The highest BCUT2D eigenvalue weighted by molar-refractivity contribution is 9.10. The Kier molecular flexibility index (Phi) is 6.75. The van der Waals surface area contributed by atoms with Gasteiger partial charge in [-0.25, -0.2) is 8.42 Å². The summed E-state index contributed by atoms with van der Waals surface area (Å²) in [7, 11) is -3.69. The Morgan fingerprint density at radius 1 is 1.16 bits per heavy atom. The van der Waals surface area contributed by atoms with E-state index in [1.54, 1.807) is 25.1 Å². The van der Waals surface area contributed by atoms with E-state index in [0.717, 1.165) is 10.0 Å². The Bertz CT molecular complexity index is 825. The Morgan fingerprint density at radius 3 is 2.44 bits per heavy atom. The van der Waals surface area contributed by atoms with E-state index in [2.05, 4.69) is 21.2 Å². The zero-order valence-electron chi connectivity index (χ0n) is 14.1. The molecule has 0 aliphatic heterocycles. The van der Waals surface area contributed by atoms with Crippen molar-refractivity contribution in [1.82, 2.24) is 9.62 Å². The maximum atomic E-state index is 12.6. The largest absolute Gasteiger partial charge is 0.348 e. The van der Waals surface area contributed by atoms with Crippen LogP contribution >= 0.6 is 15.9 Å². The van der Waals surface area contributed by atoms with E-state index in [9.17, 15) is 13.2 Å². The quantitative estimate of drug-likeness (QED) is 0.740. The zero-order valence-corrected chi connectivity index (χ0v) is 16.5. The van der Waals surface area contributed by atoms with Gasteiger partial charge in [0.1, 0.15) is 0 Å². The van der Waals surface area contributed by atoms with E-state index in [0.29, 0.717) is 0 Å². The van der Waals surface area contributed by atoms with Crippen molar-refractivity contribution in [1.29, 1.82) is 0 Å². The number of benzene rings is 2. The maximum Gasteiger partial charge on any atom is 0.243 e. The van der Waals surface area contributed by atoms with E-state index in [-0.39, 0.29) is 29.9 Å². The van der Waals surface area contributed by atoms with Crippen LogP contribution in [0.15, 0.2) is 64.0 Å². The fourth-order valence-corrected chi connectivity index (χ4v) is 4.26. The summed E-state index contributed by atoms with van der Waals surface area (Å²) < 4.78 is 27.4. The van der Waals surface area contributed by atoms with Crippen molar-refractivity contribution >= 4 is 31.9 Å². The molecule has 1 atom stereocenters. The SMILES string of the molecule is CCN(CC(=O)NC(C)c1cccc(Br)c1)S(=O)(=O)c1ccccc1. The number of likely N-dealkylation sites (N-methyl/N-ethyl adjacent to an activating group) is 1. The van der Waals surface area contributed by atoms with Gasteiger partial charge >= 0.3 is 0 Å². The molecule has 1 N–H and O–H groups in total. The van der Waals surface area contributed by atoms with Crippen molar-refractivity contribution in [3.05, 3.63) is 64.6 Å². The number of amides is 1. The molecule has 25 heavy (non-hydrogen) atoms. The fraction of sp³-hybridized carbons (Fsp3) is 0.278. The molecule has 0 saturated heterocycles. The maximum absolute atomic E-state index is 12.6. The van der Waals surface area contributed by atoms with Crippen molar-refractivity contribution < 1.29 is 13.2 Å². The van der Waals surface area contributed by atoms with Gasteiger partial charge in [-0.05, 0) is 36.8 Å². The number of halogens is 1. The minimum absolute atomic E-state index is 0.185. The smallest absolute Gasteiger partial charge is 0.243 e. The van der Waals surface area contributed by atoms with Gasteiger partial charge in [0.2, 0.25) is 15.9 Å². The molecule has 1 unspecified atom stereocenters. The molecule has 0 aliphatic rings. The summed E-state index contributed by atoms with van der Waals surface area (Å²) in [6.45, 7) is 3.58. The van der Waals surface area contributed by atoms with Gasteiger partial charge in [-0.2, -0.15) is 4.31 Å². The molecule has 134 valence electrons. The molecule has 0 fully saturated rings. The summed E-state index contributed by atoms with van der Waals surface area (Å²) in [5.74, 6) is -0.339. The van der Waals surface area contributed by atoms with Gasteiger partial charge in [0.05, 0.1) is 17.5 Å². The number of nitrogens with zero attached hydrogens (tertiary/aromatic N) is 1. The number of carbonyl (C=O) groups excluding carboxylic acids is 1. The lowest BCUT2D eigenvalue weighted by Crippen LogP contribution is -2.41. The van der Waals surface area contributed by atoms with E-state index in [4.69, 9.17) is 0 Å². The second-order valence-corrected chi connectivity index (χ2v) is 8.44. The number of hydrogen-bond acceptors (Lipinski definition) is 3. The summed E-state index contributed by atoms with van der Waals surface area (Å²) in [6, 6.07) is 15.5. The monoisotopic (exact) mass is 424 g/mol. The van der Waals surface area contributed by atoms with Crippen molar-refractivity contribution in [2.24, 2.45) is 0 Å². The normalized spacial score (nSPS) is 12.8. The lowest BCUT2D eigenvalue weighted by Gasteiger charge is -2.22. The third kappa shape index (κ3) is 5.14. The third-order valence-electron chi connectivity index (χ3n) is 3.78. The van der Waals surface area contributed by atoms with Crippen molar-refractivity contribution in [2.75, 3.05) is 13.1 Å². The lowest BCUT2D eigenvalue weighted by atomic mass is 10.1. The molecule has 5 nitrogen and oxygen atoms in total. The van der Waals surface area contributed by atoms with Crippen LogP contribution in [0.3, 0.4) is 0 Å². The first-order valence-electron chi connectivity index (χ1n) is 7.94. The molecule has 7 heteroatoms. The minimum Gasteiger partial charge on any atom is -0.348 e. The first-order chi connectivity index (χ1) is 11.8. The van der Waals surface area contributed by atoms with Crippen LogP contribution in [0.2, 0.25) is 0 Å². The summed E-state index contributed by atoms with van der Waals surface area (Å²) >= 11 is 3.40. The molecule has 0 aromatic heterocycles. The lowest BCUT2D eigenvalue weighted by molar-refractivity contribution is -0.121. The highest BCUT2D eigenvalue weighted by atomic mass is 79.9. The summed E-state index contributed by atoms with van der Waals surface area (Å²) in [6.07, 6.45) is 0. The van der Waals surface area contributed by atoms with Crippen LogP contribution in [0, 0.1) is 0 Å². The number of nitrogens with one attached hydrogen (secondary N) is 1. The molecule has 1 amide bonds. The molecule has 0 saturated carbocycles. The molecular formula is C18H21BrN2O3S. The summed E-state index contributed by atoms with van der Waals surface area (Å²) in [4.78, 5) is 12.5. The fourth-order valence-electron chi connectivity index (χ4n) is 2.41. The van der Waals surface area contributed by atoms with Crippen molar-refractivity contribution in [3.63, 3.8) is 0 Å². The molecule has 2 aromatic rings. The number of sulfonamides is 1. The Balaban J connectivity index is 2.07. The first kappa shape index (κ1) is 19.6. The predicted molar refractivity (Wildman–Crippen MR) is 102 cm³/mol. The predicted octanol–water partition coefficient (Wildman–Crippen LogP) is 3.34. The Labute approximate surface area is 157 Å². The van der Waals surface area contributed by atoms with Crippen LogP contribution in [0.1, 0.15) is 25.5 Å². The van der Waals surface area contributed by atoms with Gasteiger partial charge in [-0.15, -0.1) is 0 Å². The average Bonchev–Trinajstić information content (AvgIpc) is 2.60. The number of rotatable bonds is 7. The van der Waals surface area contributed by atoms with E-state index >= 15 is 0 Å². The van der Waals surface area contributed by atoms with Gasteiger partial charge in [-0.3, -0.25) is 4.79 Å². The van der Waals surface area contributed by atoms with Gasteiger partial charge < -0.3 is 5.32 Å². The average molecular weight is 425 g/mol. The molecule has 0 aliphatic carbocycles. The molecule has 0 spiro atoms. The van der Waals surface area contributed by atoms with Crippen molar-refractivity contribution in [3.8, 4) is 0 Å². The topological polar surface area (TPSA) is 66.5 Å². The molecular weight excluding hydrogens is 404 g/mol. The zero-order chi connectivity index (χ0) is 18.4. The van der Waals surface area contributed by atoms with Crippen molar-refractivity contribution in [2.45, 2.75) is 24.8 Å². The number of carbonyl (C=O) groups is 1. The van der Waals surface area contributed by atoms with E-state index < -0.39 is 10.0 Å². The summed E-state index contributed by atoms with van der Waals surface area (Å²) in [5, 5.41) is 2.85. The highest BCUT2D eigenvalue weighted by Crippen LogP contribution is 2.18. The molecule has 2 rings (SSSR count). The molecule has 0 heterocycles. The Hall–Kier alpha value is -1.70. The van der Waals surface area contributed by atoms with Crippen LogP contribution < -0.4 is 5.32 Å². The van der Waals surface area contributed by atoms with Gasteiger partial charge in [0, 0.05) is 11.0 Å². The van der Waals surface area contributed by atoms with Gasteiger partial charge in [0.25, 0.3) is 0 Å². The van der Waals surface area contributed by atoms with Crippen LogP contribution in [-0.2, 0) is 14.8 Å². The van der Waals surface area contributed by atoms with Crippen LogP contribution in [0.25, 0.3) is 0 Å². The second kappa shape index (κ2) is 8.60. The van der Waals surface area contributed by atoms with E-state index in [1.807, 2.05) is 31.2 Å². The third-order valence-corrected chi connectivity index (χ3v) is 6.21. The first-order valence-corrected chi connectivity index (χ1v) is 10.2. The van der Waals surface area contributed by atoms with E-state index in [1.165, 1.54) is 16.4 Å². The molecule has 0 radical (unpaired) electrons. The molecule has 2 aromatic carbocycles. The Morgan fingerprint density at radius 2 is 1.84 bits per heavy atom. The van der Waals surface area contributed by atoms with Gasteiger partial charge in [-0.1, -0.05) is 53.2 Å². The summed E-state index contributed by atoms with van der Waals surface area (Å²) in [5.41, 5.74) is 0.941. The van der Waals surface area contributed by atoms with Gasteiger partial charge in [0.15, 0.2) is 0 Å². The van der Waals surface area contributed by atoms with Crippen LogP contribution in [-0.4, -0.2) is 31.7 Å². The number of hydrogen-bond donors (Lipinski definition) is 1. The highest BCUT2D eigenvalue weighted by Gasteiger charge is 2.25. The molecule has 0 bridgehead atoms. The van der Waals surface area contributed by atoms with Crippen LogP contribution in [0.4, 0.5) is 0 Å². The van der Waals surface area contributed by atoms with Crippen LogP contribution in [0.5, 0.6) is 0 Å². The second-order valence-electron chi connectivity index (χ2n) is 5.59.